The molecule has 0 aromatic carbocycles. The van der Waals surface area contributed by atoms with E-state index in [0.717, 1.165) is 30.9 Å². The predicted molar refractivity (Wildman–Crippen MR) is 97.4 cm³/mol. The molecule has 3 aromatic heterocycles. The topological polar surface area (TPSA) is 102 Å². The quantitative estimate of drug-likeness (QED) is 0.745. The first-order chi connectivity index (χ1) is 12.7. The van der Waals surface area contributed by atoms with E-state index in [0.29, 0.717) is 17.5 Å². The average molecular weight is 370 g/mol. The summed E-state index contributed by atoms with van der Waals surface area (Å²) in [5.74, 6) is 1.29. The molecule has 1 atom stereocenters. The fraction of sp³-hybridized carbons (Fsp3) is 0.375. The minimum atomic E-state index is -0.0928. The fourth-order valence-corrected chi connectivity index (χ4v) is 3.64. The smallest absolute Gasteiger partial charge is 0.231 e. The molecule has 0 bridgehead atoms. The van der Waals surface area contributed by atoms with Gasteiger partial charge in [-0.15, -0.1) is 21.5 Å². The van der Waals surface area contributed by atoms with Gasteiger partial charge in [-0.1, -0.05) is 0 Å². The van der Waals surface area contributed by atoms with Crippen LogP contribution < -0.4 is 10.2 Å². The number of carbonyl (C=O) groups is 1. The summed E-state index contributed by atoms with van der Waals surface area (Å²) < 4.78 is 1.55. The van der Waals surface area contributed by atoms with Gasteiger partial charge in [0, 0.05) is 18.5 Å². The number of piperidine rings is 1. The standard InChI is InChI=1S/C16H18N8OS/c1-11-8-26-16(19-11)20-15(25)12-3-2-6-23(7-12)13-4-5-14(22-21-13)24-10-17-9-18-24/h4-5,8-10,12H,2-3,6-7H2,1H3,(H,19,20,25). The molecular weight excluding hydrogens is 352 g/mol. The lowest BCUT2D eigenvalue weighted by molar-refractivity contribution is -0.120. The summed E-state index contributed by atoms with van der Waals surface area (Å²) >= 11 is 1.45. The van der Waals surface area contributed by atoms with Crippen molar-refractivity contribution >= 4 is 28.2 Å². The number of nitrogens with zero attached hydrogens (tertiary/aromatic N) is 7. The number of thiazole rings is 1. The molecule has 1 N–H and O–H groups in total. The second-order valence-corrected chi connectivity index (χ2v) is 7.02. The first-order valence-electron chi connectivity index (χ1n) is 8.36. The molecule has 3 aromatic rings. The zero-order valence-corrected chi connectivity index (χ0v) is 15.1. The number of aryl methyl sites for hydroxylation is 1. The van der Waals surface area contributed by atoms with Crippen LogP contribution in [0, 0.1) is 12.8 Å². The molecule has 26 heavy (non-hydrogen) atoms. The van der Waals surface area contributed by atoms with Crippen molar-refractivity contribution in [1.82, 2.24) is 29.9 Å². The zero-order valence-electron chi connectivity index (χ0n) is 14.2. The lowest BCUT2D eigenvalue weighted by Crippen LogP contribution is -2.41. The van der Waals surface area contributed by atoms with Crippen LogP contribution in [0.3, 0.4) is 0 Å². The molecule has 0 aliphatic carbocycles. The van der Waals surface area contributed by atoms with Gasteiger partial charge in [0.1, 0.15) is 12.7 Å². The largest absolute Gasteiger partial charge is 0.354 e. The molecule has 10 heteroatoms. The molecule has 1 amide bonds. The summed E-state index contributed by atoms with van der Waals surface area (Å²) in [6, 6.07) is 3.74. The molecule has 0 spiro atoms. The van der Waals surface area contributed by atoms with Crippen LogP contribution in [0.5, 0.6) is 0 Å². The molecule has 4 heterocycles. The van der Waals surface area contributed by atoms with Crippen LogP contribution in [-0.4, -0.2) is 48.9 Å². The van der Waals surface area contributed by atoms with Crippen molar-refractivity contribution in [2.24, 2.45) is 5.92 Å². The monoisotopic (exact) mass is 370 g/mol. The van der Waals surface area contributed by atoms with Gasteiger partial charge in [-0.2, -0.15) is 5.10 Å². The molecule has 1 fully saturated rings. The second kappa shape index (κ2) is 7.16. The van der Waals surface area contributed by atoms with E-state index in [1.54, 1.807) is 11.0 Å². The number of amides is 1. The average Bonchev–Trinajstić information content (AvgIpc) is 3.34. The highest BCUT2D eigenvalue weighted by Crippen LogP contribution is 2.23. The Bertz CT molecular complexity index is 876. The van der Waals surface area contributed by atoms with E-state index in [9.17, 15) is 4.79 Å². The SMILES string of the molecule is Cc1csc(NC(=O)C2CCCN(c3ccc(-n4cncn4)nn3)C2)n1. The first kappa shape index (κ1) is 16.6. The van der Waals surface area contributed by atoms with Crippen LogP contribution in [0.2, 0.25) is 0 Å². The molecule has 1 saturated heterocycles. The van der Waals surface area contributed by atoms with Gasteiger partial charge >= 0.3 is 0 Å². The molecule has 1 aliphatic rings. The Balaban J connectivity index is 1.42. The highest BCUT2D eigenvalue weighted by molar-refractivity contribution is 7.13. The molecule has 4 rings (SSSR count). The Morgan fingerprint density at radius 3 is 2.85 bits per heavy atom. The Morgan fingerprint density at radius 2 is 2.15 bits per heavy atom. The highest BCUT2D eigenvalue weighted by atomic mass is 32.1. The van der Waals surface area contributed by atoms with E-state index in [1.807, 2.05) is 24.4 Å². The molecule has 1 aliphatic heterocycles. The van der Waals surface area contributed by atoms with Crippen molar-refractivity contribution in [2.75, 3.05) is 23.3 Å². The third kappa shape index (κ3) is 3.54. The van der Waals surface area contributed by atoms with E-state index < -0.39 is 0 Å². The van der Waals surface area contributed by atoms with Crippen LogP contribution in [0.15, 0.2) is 30.2 Å². The van der Waals surface area contributed by atoms with Gasteiger partial charge in [0.25, 0.3) is 0 Å². The highest BCUT2D eigenvalue weighted by Gasteiger charge is 2.27. The fourth-order valence-electron chi connectivity index (χ4n) is 2.95. The van der Waals surface area contributed by atoms with Crippen molar-refractivity contribution in [3.63, 3.8) is 0 Å². The van der Waals surface area contributed by atoms with E-state index in [1.165, 1.54) is 17.7 Å². The molecule has 1 unspecified atom stereocenters. The second-order valence-electron chi connectivity index (χ2n) is 6.16. The van der Waals surface area contributed by atoms with Crippen molar-refractivity contribution in [2.45, 2.75) is 19.8 Å². The number of carbonyl (C=O) groups excluding carboxylic acids is 1. The number of nitrogens with one attached hydrogen (secondary N) is 1. The summed E-state index contributed by atoms with van der Waals surface area (Å²) in [6.07, 6.45) is 4.82. The van der Waals surface area contributed by atoms with E-state index in [4.69, 9.17) is 0 Å². The van der Waals surface area contributed by atoms with Gasteiger partial charge in [0.2, 0.25) is 5.91 Å². The number of hydrogen-bond acceptors (Lipinski definition) is 8. The summed E-state index contributed by atoms with van der Waals surface area (Å²) in [5.41, 5.74) is 0.915. The summed E-state index contributed by atoms with van der Waals surface area (Å²) in [7, 11) is 0. The van der Waals surface area contributed by atoms with Gasteiger partial charge in [-0.3, -0.25) is 4.79 Å². The van der Waals surface area contributed by atoms with E-state index in [2.05, 4.69) is 35.5 Å². The molecular formula is C16H18N8OS. The lowest BCUT2D eigenvalue weighted by Gasteiger charge is -2.32. The molecule has 0 radical (unpaired) electrons. The number of aromatic nitrogens is 6. The van der Waals surface area contributed by atoms with E-state index >= 15 is 0 Å². The van der Waals surface area contributed by atoms with Gasteiger partial charge in [-0.05, 0) is 31.9 Å². The normalized spacial score (nSPS) is 17.3. The maximum absolute atomic E-state index is 12.5. The van der Waals surface area contributed by atoms with Crippen molar-refractivity contribution in [1.29, 1.82) is 0 Å². The summed E-state index contributed by atoms with van der Waals surface area (Å²) in [6.45, 7) is 3.39. The van der Waals surface area contributed by atoms with Gasteiger partial charge in [0.15, 0.2) is 16.8 Å². The van der Waals surface area contributed by atoms with E-state index in [-0.39, 0.29) is 11.8 Å². The zero-order chi connectivity index (χ0) is 17.9. The third-order valence-electron chi connectivity index (χ3n) is 4.26. The van der Waals surface area contributed by atoms with Crippen molar-refractivity contribution in [3.05, 3.63) is 35.9 Å². The Kier molecular flexibility index (Phi) is 4.57. The van der Waals surface area contributed by atoms with Crippen molar-refractivity contribution in [3.8, 4) is 5.82 Å². The number of hydrogen-bond donors (Lipinski definition) is 1. The molecule has 0 saturated carbocycles. The number of rotatable bonds is 4. The Morgan fingerprint density at radius 1 is 1.31 bits per heavy atom. The predicted octanol–water partition coefficient (Wildman–Crippen LogP) is 1.68. The summed E-state index contributed by atoms with van der Waals surface area (Å²) in [5, 5.41) is 18.0. The van der Waals surface area contributed by atoms with Crippen molar-refractivity contribution < 1.29 is 4.79 Å². The maximum atomic E-state index is 12.5. The minimum absolute atomic E-state index is 0.0104. The minimum Gasteiger partial charge on any atom is -0.354 e. The first-order valence-corrected chi connectivity index (χ1v) is 9.24. The Labute approximate surface area is 154 Å². The van der Waals surface area contributed by atoms with Gasteiger partial charge in [0.05, 0.1) is 11.6 Å². The van der Waals surface area contributed by atoms with Crippen LogP contribution in [0.25, 0.3) is 5.82 Å². The lowest BCUT2D eigenvalue weighted by atomic mass is 9.97. The van der Waals surface area contributed by atoms with Gasteiger partial charge < -0.3 is 10.2 Å². The van der Waals surface area contributed by atoms with Gasteiger partial charge in [-0.25, -0.2) is 14.6 Å². The van der Waals surface area contributed by atoms with Crippen LogP contribution in [0.1, 0.15) is 18.5 Å². The Hall–Kier alpha value is -2.88. The third-order valence-corrected chi connectivity index (χ3v) is 5.13. The van der Waals surface area contributed by atoms with Crippen LogP contribution >= 0.6 is 11.3 Å². The molecule has 9 nitrogen and oxygen atoms in total. The van der Waals surface area contributed by atoms with Crippen LogP contribution in [0.4, 0.5) is 10.9 Å². The number of anilines is 2. The maximum Gasteiger partial charge on any atom is 0.231 e. The van der Waals surface area contributed by atoms with Crippen LogP contribution in [-0.2, 0) is 4.79 Å². The molecule has 134 valence electrons. The summed E-state index contributed by atoms with van der Waals surface area (Å²) in [4.78, 5) is 22.8.